The lowest BCUT2D eigenvalue weighted by Gasteiger charge is -2.26. The lowest BCUT2D eigenvalue weighted by Crippen LogP contribution is -2.40. The first kappa shape index (κ1) is 23.0. The van der Waals surface area contributed by atoms with Crippen molar-refractivity contribution in [1.82, 2.24) is 4.31 Å². The number of amides is 1. The predicted octanol–water partition coefficient (Wildman–Crippen LogP) is 2.90. The van der Waals surface area contributed by atoms with Gasteiger partial charge < -0.3 is 19.5 Å². The highest BCUT2D eigenvalue weighted by Crippen LogP contribution is 2.31. The summed E-state index contributed by atoms with van der Waals surface area (Å²) in [5.74, 6) is -0.643. The Labute approximate surface area is 181 Å². The summed E-state index contributed by atoms with van der Waals surface area (Å²) in [7, 11) is -3.86. The minimum absolute atomic E-state index is 0.150. The summed E-state index contributed by atoms with van der Waals surface area (Å²) in [6.45, 7) is 5.47. The molecule has 1 heterocycles. The van der Waals surface area contributed by atoms with Gasteiger partial charge in [0.05, 0.1) is 36.9 Å². The molecule has 2 aromatic rings. The van der Waals surface area contributed by atoms with Gasteiger partial charge in [0.1, 0.15) is 5.82 Å². The number of sulfonamides is 1. The molecule has 0 aromatic heterocycles. The summed E-state index contributed by atoms with van der Waals surface area (Å²) < 4.78 is 57.5. The summed E-state index contributed by atoms with van der Waals surface area (Å²) in [5, 5.41) is 2.58. The maximum atomic E-state index is 14.4. The first-order chi connectivity index (χ1) is 14.9. The van der Waals surface area contributed by atoms with Crippen molar-refractivity contribution in [2.45, 2.75) is 18.7 Å². The molecule has 0 saturated carbocycles. The van der Waals surface area contributed by atoms with E-state index in [1.54, 1.807) is 18.2 Å². The smallest absolute Gasteiger partial charge is 0.258 e. The van der Waals surface area contributed by atoms with Crippen LogP contribution >= 0.6 is 0 Å². The molecule has 10 heteroatoms. The molecule has 3 rings (SSSR count). The molecular formula is C21H25FN2O6S. The molecule has 1 aliphatic heterocycles. The molecule has 0 atom stereocenters. The summed E-state index contributed by atoms with van der Waals surface area (Å²) in [6, 6.07) is 7.98. The van der Waals surface area contributed by atoms with E-state index in [-0.39, 0.29) is 36.8 Å². The molecule has 168 valence electrons. The summed E-state index contributed by atoms with van der Waals surface area (Å²) in [4.78, 5) is 12.6. The van der Waals surface area contributed by atoms with Crippen LogP contribution in [-0.2, 0) is 14.8 Å². The highest BCUT2D eigenvalue weighted by Gasteiger charge is 2.28. The normalized spacial score (nSPS) is 14.8. The van der Waals surface area contributed by atoms with Crippen molar-refractivity contribution < 1.29 is 31.8 Å². The van der Waals surface area contributed by atoms with Crippen LogP contribution in [0.25, 0.3) is 0 Å². The Balaban J connectivity index is 1.85. The van der Waals surface area contributed by atoms with Gasteiger partial charge in [-0.3, -0.25) is 4.79 Å². The van der Waals surface area contributed by atoms with Crippen LogP contribution in [0.15, 0.2) is 41.3 Å². The molecule has 0 unspecified atom stereocenters. The Morgan fingerprint density at radius 1 is 1.06 bits per heavy atom. The fourth-order valence-electron chi connectivity index (χ4n) is 3.10. The molecule has 1 fully saturated rings. The fraction of sp³-hybridized carbons (Fsp3) is 0.381. The molecule has 1 saturated heterocycles. The first-order valence-electron chi connectivity index (χ1n) is 9.95. The highest BCUT2D eigenvalue weighted by atomic mass is 32.2. The quantitative estimate of drug-likeness (QED) is 0.662. The van der Waals surface area contributed by atoms with E-state index in [0.717, 1.165) is 18.2 Å². The molecule has 2 aromatic carbocycles. The third-order valence-electron chi connectivity index (χ3n) is 4.59. The second kappa shape index (κ2) is 10.1. The molecule has 0 bridgehead atoms. The average molecular weight is 453 g/mol. The second-order valence-electron chi connectivity index (χ2n) is 6.64. The second-order valence-corrected chi connectivity index (χ2v) is 8.58. The van der Waals surface area contributed by atoms with Crippen molar-refractivity contribution >= 4 is 21.6 Å². The maximum absolute atomic E-state index is 14.4. The number of nitrogens with one attached hydrogen (secondary N) is 1. The van der Waals surface area contributed by atoms with Crippen LogP contribution in [0.3, 0.4) is 0 Å². The van der Waals surface area contributed by atoms with Crippen LogP contribution in [0.2, 0.25) is 0 Å². The zero-order valence-corrected chi connectivity index (χ0v) is 18.2. The topological polar surface area (TPSA) is 94.2 Å². The minimum Gasteiger partial charge on any atom is -0.490 e. The van der Waals surface area contributed by atoms with E-state index in [2.05, 4.69) is 5.32 Å². The van der Waals surface area contributed by atoms with E-state index >= 15 is 0 Å². The zero-order chi connectivity index (χ0) is 22.4. The van der Waals surface area contributed by atoms with Gasteiger partial charge in [0, 0.05) is 24.8 Å². The summed E-state index contributed by atoms with van der Waals surface area (Å²) in [6.07, 6.45) is 0. The molecule has 0 radical (unpaired) electrons. The van der Waals surface area contributed by atoms with E-state index in [1.807, 2.05) is 13.8 Å². The van der Waals surface area contributed by atoms with Crippen LogP contribution in [0.5, 0.6) is 11.5 Å². The van der Waals surface area contributed by atoms with Crippen LogP contribution in [0.4, 0.5) is 10.1 Å². The largest absolute Gasteiger partial charge is 0.490 e. The SMILES string of the molecule is CCOc1ccc(NC(=O)c2cc(S(=O)(=O)N3CCOCC3)ccc2F)cc1OCC. The van der Waals surface area contributed by atoms with Crippen molar-refractivity contribution in [3.8, 4) is 11.5 Å². The Bertz CT molecular complexity index is 1040. The number of benzene rings is 2. The highest BCUT2D eigenvalue weighted by molar-refractivity contribution is 7.89. The van der Waals surface area contributed by atoms with Crippen molar-refractivity contribution in [3.63, 3.8) is 0 Å². The molecule has 8 nitrogen and oxygen atoms in total. The molecule has 1 aliphatic rings. The fourth-order valence-corrected chi connectivity index (χ4v) is 4.54. The Kier molecular flexibility index (Phi) is 7.47. The number of hydrogen-bond donors (Lipinski definition) is 1. The molecular weight excluding hydrogens is 427 g/mol. The van der Waals surface area contributed by atoms with Gasteiger partial charge >= 0.3 is 0 Å². The number of halogens is 1. The van der Waals surface area contributed by atoms with Crippen molar-refractivity contribution in [3.05, 3.63) is 47.8 Å². The number of nitrogens with zero attached hydrogens (tertiary/aromatic N) is 1. The monoisotopic (exact) mass is 452 g/mol. The zero-order valence-electron chi connectivity index (χ0n) is 17.4. The third kappa shape index (κ3) is 5.33. The number of ether oxygens (including phenoxy) is 3. The van der Waals surface area contributed by atoms with Crippen LogP contribution in [0, 0.1) is 5.82 Å². The number of carbonyl (C=O) groups excluding carboxylic acids is 1. The van der Waals surface area contributed by atoms with Crippen LogP contribution < -0.4 is 14.8 Å². The lowest BCUT2D eigenvalue weighted by atomic mass is 10.2. The van der Waals surface area contributed by atoms with Gasteiger partial charge in [0.15, 0.2) is 11.5 Å². The third-order valence-corrected chi connectivity index (χ3v) is 6.49. The Morgan fingerprint density at radius 3 is 2.42 bits per heavy atom. The van der Waals surface area contributed by atoms with E-state index in [9.17, 15) is 17.6 Å². The Hall–Kier alpha value is -2.69. The summed E-state index contributed by atoms with van der Waals surface area (Å²) in [5.41, 5.74) is -0.0149. The molecule has 0 spiro atoms. The summed E-state index contributed by atoms with van der Waals surface area (Å²) >= 11 is 0. The van der Waals surface area contributed by atoms with Gasteiger partial charge in [-0.2, -0.15) is 4.31 Å². The lowest BCUT2D eigenvalue weighted by molar-refractivity contribution is 0.0730. The van der Waals surface area contributed by atoms with Gasteiger partial charge in [0.25, 0.3) is 5.91 Å². The van der Waals surface area contributed by atoms with Crippen molar-refractivity contribution in [2.75, 3.05) is 44.8 Å². The van der Waals surface area contributed by atoms with Crippen molar-refractivity contribution in [1.29, 1.82) is 0 Å². The molecule has 0 aliphatic carbocycles. The first-order valence-corrected chi connectivity index (χ1v) is 11.4. The molecule has 31 heavy (non-hydrogen) atoms. The number of morpholine rings is 1. The van der Waals surface area contributed by atoms with E-state index in [4.69, 9.17) is 14.2 Å². The number of anilines is 1. The average Bonchev–Trinajstić information content (AvgIpc) is 2.76. The van der Waals surface area contributed by atoms with E-state index in [1.165, 1.54) is 4.31 Å². The predicted molar refractivity (Wildman–Crippen MR) is 113 cm³/mol. The van der Waals surface area contributed by atoms with Crippen molar-refractivity contribution in [2.24, 2.45) is 0 Å². The number of hydrogen-bond acceptors (Lipinski definition) is 6. The van der Waals surface area contributed by atoms with Crippen LogP contribution in [-0.4, -0.2) is 58.1 Å². The van der Waals surface area contributed by atoms with Gasteiger partial charge in [0.2, 0.25) is 10.0 Å². The van der Waals surface area contributed by atoms with E-state index < -0.39 is 21.7 Å². The standard InChI is InChI=1S/C21H25FN2O6S/c1-3-29-19-8-5-15(13-20(19)30-4-2)23-21(25)17-14-16(6-7-18(17)22)31(26,27)24-9-11-28-12-10-24/h5-8,13-14H,3-4,9-12H2,1-2H3,(H,23,25). The minimum atomic E-state index is -3.86. The van der Waals surface area contributed by atoms with Crippen LogP contribution in [0.1, 0.15) is 24.2 Å². The van der Waals surface area contributed by atoms with Gasteiger partial charge in [-0.15, -0.1) is 0 Å². The van der Waals surface area contributed by atoms with Gasteiger partial charge in [-0.25, -0.2) is 12.8 Å². The Morgan fingerprint density at radius 2 is 1.74 bits per heavy atom. The van der Waals surface area contributed by atoms with Gasteiger partial charge in [-0.1, -0.05) is 0 Å². The van der Waals surface area contributed by atoms with Gasteiger partial charge in [-0.05, 0) is 44.2 Å². The number of rotatable bonds is 8. The van der Waals surface area contributed by atoms with E-state index in [0.29, 0.717) is 30.4 Å². The maximum Gasteiger partial charge on any atom is 0.258 e. The molecule has 1 amide bonds. The molecule has 1 N–H and O–H groups in total. The number of carbonyl (C=O) groups is 1.